The van der Waals surface area contributed by atoms with Gasteiger partial charge in [-0.2, -0.15) is 10.6 Å². The van der Waals surface area contributed by atoms with Gasteiger partial charge in [-0.05, 0) is 19.3 Å². The van der Waals surface area contributed by atoms with Crippen LogP contribution in [-0.2, 0) is 27.0 Å². The molecule has 0 amide bonds. The first kappa shape index (κ1) is 22.0. The number of H-pyrrole nitrogens is 1. The number of aromatic amines is 1. The van der Waals surface area contributed by atoms with E-state index in [1.54, 1.807) is 0 Å². The van der Waals surface area contributed by atoms with Crippen molar-refractivity contribution in [3.8, 4) is 0 Å². The van der Waals surface area contributed by atoms with Gasteiger partial charge in [0, 0.05) is 55.4 Å². The highest BCUT2D eigenvalue weighted by molar-refractivity contribution is 7.88. The van der Waals surface area contributed by atoms with Crippen LogP contribution in [0.5, 0.6) is 0 Å². The monoisotopic (exact) mass is 418 g/mol. The first-order chi connectivity index (χ1) is 12.8. The van der Waals surface area contributed by atoms with Crippen LogP contribution < -0.4 is 11.0 Å². The van der Waals surface area contributed by atoms with Gasteiger partial charge in [0.25, 0.3) is 0 Å². The van der Waals surface area contributed by atoms with E-state index in [9.17, 15) is 8.42 Å². The van der Waals surface area contributed by atoms with Gasteiger partial charge in [0.1, 0.15) is 6.17 Å². The molecular weight excluding hydrogens is 388 g/mol. The van der Waals surface area contributed by atoms with E-state index in [-0.39, 0.29) is 17.0 Å². The van der Waals surface area contributed by atoms with Gasteiger partial charge in [-0.25, -0.2) is 5.53 Å². The predicted octanol–water partition coefficient (Wildman–Crippen LogP) is 0.972. The van der Waals surface area contributed by atoms with Gasteiger partial charge in [0.2, 0.25) is 0 Å². The molecule has 4 atom stereocenters. The van der Waals surface area contributed by atoms with Crippen molar-refractivity contribution in [2.75, 3.05) is 23.0 Å². The van der Waals surface area contributed by atoms with E-state index in [2.05, 4.69) is 55.8 Å². The lowest BCUT2D eigenvalue weighted by atomic mass is 9.82. The van der Waals surface area contributed by atoms with Crippen LogP contribution in [0.15, 0.2) is 10.3 Å². The molecule has 1 aromatic heterocycles. The normalized spacial score (nSPS) is 21.6. The van der Waals surface area contributed by atoms with Crippen LogP contribution in [-0.4, -0.2) is 58.2 Å². The summed E-state index contributed by atoms with van der Waals surface area (Å²) >= 11 is 0. The van der Waals surface area contributed by atoms with Gasteiger partial charge < -0.3 is 0 Å². The van der Waals surface area contributed by atoms with Crippen LogP contribution in [0.25, 0.3) is 0 Å². The molecule has 0 bridgehead atoms. The van der Waals surface area contributed by atoms with Crippen molar-refractivity contribution in [3.05, 3.63) is 5.82 Å². The zero-order chi connectivity index (χ0) is 19.9. The number of rotatable bonds is 12. The van der Waals surface area contributed by atoms with Crippen LogP contribution in [0, 0.1) is 5.41 Å². The summed E-state index contributed by atoms with van der Waals surface area (Å²) in [6, 6.07) is 0. The van der Waals surface area contributed by atoms with Gasteiger partial charge in [-0.15, -0.1) is 15.3 Å². The molecule has 2 rings (SSSR count). The Balaban J connectivity index is 1.70. The molecule has 0 aromatic carbocycles. The zero-order valence-electron chi connectivity index (χ0n) is 16.4. The summed E-state index contributed by atoms with van der Waals surface area (Å²) in [4.78, 5) is 0. The van der Waals surface area contributed by atoms with E-state index in [0.717, 1.165) is 12.8 Å². The molecule has 4 unspecified atom stereocenters. The summed E-state index contributed by atoms with van der Waals surface area (Å²) in [5.41, 5.74) is 5.27. The molecule has 10 nitrogen and oxygen atoms in total. The average Bonchev–Trinajstić information content (AvgIpc) is 3.36. The van der Waals surface area contributed by atoms with Crippen molar-refractivity contribution in [1.82, 2.24) is 31.6 Å². The molecule has 154 valence electrons. The molecule has 3 N–H and O–H groups in total. The Kier molecular flexibility index (Phi) is 7.98. The first-order valence-corrected chi connectivity index (χ1v) is 12.1. The Morgan fingerprint density at radius 2 is 1.70 bits per heavy atom. The molecule has 0 fully saturated rings. The van der Waals surface area contributed by atoms with Crippen molar-refractivity contribution < 1.29 is 8.42 Å². The van der Waals surface area contributed by atoms with E-state index in [1.807, 2.05) is 13.8 Å². The number of hydrogen-bond acceptors (Lipinski definition) is 9. The number of nitrogens with one attached hydrogen (secondary N) is 3. The van der Waals surface area contributed by atoms with Gasteiger partial charge in [0.15, 0.2) is 5.82 Å². The van der Waals surface area contributed by atoms with Crippen LogP contribution in [0.2, 0.25) is 0 Å². The van der Waals surface area contributed by atoms with Crippen molar-refractivity contribution in [2.24, 2.45) is 15.8 Å². The Hall–Kier alpha value is -1.27. The maximum atomic E-state index is 12.4. The summed E-state index contributed by atoms with van der Waals surface area (Å²) in [5.74, 6) is 2.62. The quantitative estimate of drug-likeness (QED) is 0.460. The Morgan fingerprint density at radius 3 is 2.22 bits per heavy atom. The molecule has 0 spiro atoms. The Morgan fingerprint density at radius 1 is 1.04 bits per heavy atom. The summed E-state index contributed by atoms with van der Waals surface area (Å²) in [7, 11) is -2.01. The van der Waals surface area contributed by atoms with Crippen LogP contribution >= 0.6 is 0 Å². The van der Waals surface area contributed by atoms with E-state index in [0.29, 0.717) is 35.3 Å². The molecule has 0 saturated heterocycles. The second-order valence-electron chi connectivity index (χ2n) is 7.70. The number of hydrazine groups is 1. The fourth-order valence-corrected chi connectivity index (χ4v) is 6.02. The first-order valence-electron chi connectivity index (χ1n) is 9.11. The SMILES string of the molecule is CCC(C)(CCS(=O)CCS(=O)CCC(C)(C)c1nn[nH]n1)C1N=NNN1. The third kappa shape index (κ3) is 6.39. The molecule has 1 aliphatic heterocycles. The Labute approximate surface area is 165 Å². The van der Waals surface area contributed by atoms with Crippen LogP contribution in [0.4, 0.5) is 0 Å². The minimum Gasteiger partial charge on any atom is -0.260 e. The summed E-state index contributed by atoms with van der Waals surface area (Å²) < 4.78 is 24.7. The van der Waals surface area contributed by atoms with Crippen molar-refractivity contribution in [1.29, 1.82) is 0 Å². The van der Waals surface area contributed by atoms with E-state index >= 15 is 0 Å². The third-order valence-corrected chi connectivity index (χ3v) is 8.13. The number of tetrazole rings is 1. The lowest BCUT2D eigenvalue weighted by Crippen LogP contribution is -2.43. The lowest BCUT2D eigenvalue weighted by molar-refractivity contribution is 0.208. The van der Waals surface area contributed by atoms with Crippen molar-refractivity contribution in [3.63, 3.8) is 0 Å². The van der Waals surface area contributed by atoms with E-state index < -0.39 is 21.6 Å². The fraction of sp³-hybridized carbons (Fsp3) is 0.933. The molecule has 0 aliphatic carbocycles. The Bertz CT molecular complexity index is 667. The number of hydrogen-bond donors (Lipinski definition) is 3. The maximum Gasteiger partial charge on any atom is 0.180 e. The molecule has 0 radical (unpaired) electrons. The molecule has 12 heteroatoms. The molecule has 1 aromatic rings. The predicted molar refractivity (Wildman–Crippen MR) is 106 cm³/mol. The highest BCUT2D eigenvalue weighted by atomic mass is 32.2. The van der Waals surface area contributed by atoms with Gasteiger partial charge >= 0.3 is 0 Å². The van der Waals surface area contributed by atoms with E-state index in [4.69, 9.17) is 0 Å². The maximum absolute atomic E-state index is 12.4. The minimum atomic E-state index is -1.01. The molecule has 2 heterocycles. The highest BCUT2D eigenvalue weighted by Crippen LogP contribution is 2.32. The number of nitrogens with zero attached hydrogens (tertiary/aromatic N) is 5. The molecule has 27 heavy (non-hydrogen) atoms. The topological polar surface area (TPSA) is 137 Å². The summed E-state index contributed by atoms with van der Waals surface area (Å²) in [6.07, 6.45) is 2.25. The van der Waals surface area contributed by atoms with Crippen LogP contribution in [0.3, 0.4) is 0 Å². The lowest BCUT2D eigenvalue weighted by Gasteiger charge is -2.31. The molecule has 1 aliphatic rings. The largest absolute Gasteiger partial charge is 0.260 e. The summed E-state index contributed by atoms with van der Waals surface area (Å²) in [6.45, 7) is 8.22. The second kappa shape index (κ2) is 9.78. The average molecular weight is 419 g/mol. The fourth-order valence-electron chi connectivity index (χ4n) is 2.69. The van der Waals surface area contributed by atoms with E-state index in [1.165, 1.54) is 0 Å². The molecular formula is C15H30N8O2S2. The van der Waals surface area contributed by atoms with Crippen LogP contribution in [0.1, 0.15) is 52.8 Å². The highest BCUT2D eigenvalue weighted by Gasteiger charge is 2.35. The van der Waals surface area contributed by atoms with Gasteiger partial charge in [-0.1, -0.05) is 38.1 Å². The van der Waals surface area contributed by atoms with Crippen molar-refractivity contribution in [2.45, 2.75) is 58.5 Å². The molecule has 0 saturated carbocycles. The summed E-state index contributed by atoms with van der Waals surface area (Å²) in [5, 5.41) is 21.9. The standard InChI is InChI=1S/C15H30N8O2S2/c1-5-15(4,13-18-22-23-19-13)7-9-27(25)11-10-26(24)8-6-14(2,3)12-16-20-21-17-12/h13H,5-11H2,1-4H3,(H,18,23)(H,19,22)(H,16,17,20,21). The number of aromatic nitrogens is 4. The second-order valence-corrected chi connectivity index (χ2v) is 11.1. The van der Waals surface area contributed by atoms with Gasteiger partial charge in [0.05, 0.1) is 0 Å². The zero-order valence-corrected chi connectivity index (χ0v) is 18.0. The van der Waals surface area contributed by atoms with Crippen molar-refractivity contribution >= 4 is 21.6 Å². The smallest absolute Gasteiger partial charge is 0.180 e. The minimum absolute atomic E-state index is 0.110. The third-order valence-electron chi connectivity index (χ3n) is 5.24. The van der Waals surface area contributed by atoms with Gasteiger partial charge in [-0.3, -0.25) is 8.42 Å².